The molecule has 0 bridgehead atoms. The molecular formula is C15H22ClNO. The van der Waals surface area contributed by atoms with Crippen molar-refractivity contribution in [3.63, 3.8) is 0 Å². The molecular weight excluding hydrogens is 246 g/mol. The minimum Gasteiger partial charge on any atom is -0.373 e. The lowest BCUT2D eigenvalue weighted by Crippen LogP contribution is -2.46. The summed E-state index contributed by atoms with van der Waals surface area (Å²) in [5.74, 6) is 0. The first-order valence-corrected chi connectivity index (χ1v) is 7.17. The lowest BCUT2D eigenvalue weighted by atomic mass is 9.84. The van der Waals surface area contributed by atoms with Crippen LogP contribution in [-0.2, 0) is 4.74 Å². The van der Waals surface area contributed by atoms with E-state index in [0.29, 0.717) is 0 Å². The minimum absolute atomic E-state index is 0.154. The van der Waals surface area contributed by atoms with E-state index in [0.717, 1.165) is 36.6 Å². The third kappa shape index (κ3) is 2.87. The summed E-state index contributed by atoms with van der Waals surface area (Å²) in [7, 11) is 0. The van der Waals surface area contributed by atoms with Gasteiger partial charge in [0.15, 0.2) is 0 Å². The average Bonchev–Trinajstić information content (AvgIpc) is 2.38. The van der Waals surface area contributed by atoms with Gasteiger partial charge in [0.25, 0.3) is 0 Å². The molecule has 1 saturated heterocycles. The SMILES string of the molecule is CCNC(c1ccccc1Cl)C1(C)CCCCO1. The molecule has 1 aromatic carbocycles. The predicted molar refractivity (Wildman–Crippen MR) is 76.1 cm³/mol. The van der Waals surface area contributed by atoms with Gasteiger partial charge in [0.2, 0.25) is 0 Å². The highest BCUT2D eigenvalue weighted by Gasteiger charge is 2.38. The molecule has 1 aliphatic heterocycles. The van der Waals surface area contributed by atoms with Crippen LogP contribution >= 0.6 is 11.6 Å². The molecule has 1 heterocycles. The summed E-state index contributed by atoms with van der Waals surface area (Å²) in [5, 5.41) is 4.36. The lowest BCUT2D eigenvalue weighted by molar-refractivity contribution is -0.0895. The first-order valence-electron chi connectivity index (χ1n) is 6.79. The fourth-order valence-electron chi connectivity index (χ4n) is 2.75. The van der Waals surface area contributed by atoms with Crippen molar-refractivity contribution < 1.29 is 4.74 Å². The fourth-order valence-corrected chi connectivity index (χ4v) is 3.00. The van der Waals surface area contributed by atoms with Gasteiger partial charge >= 0.3 is 0 Å². The average molecular weight is 268 g/mol. The third-order valence-electron chi connectivity index (χ3n) is 3.73. The molecule has 1 aromatic rings. The number of hydrogen-bond donors (Lipinski definition) is 1. The smallest absolute Gasteiger partial charge is 0.0848 e. The van der Waals surface area contributed by atoms with Gasteiger partial charge in [-0.25, -0.2) is 0 Å². The van der Waals surface area contributed by atoms with Gasteiger partial charge < -0.3 is 10.1 Å². The van der Waals surface area contributed by atoms with Crippen molar-refractivity contribution in [1.29, 1.82) is 0 Å². The Kier molecular flexibility index (Phi) is 4.66. The highest BCUT2D eigenvalue weighted by molar-refractivity contribution is 6.31. The summed E-state index contributed by atoms with van der Waals surface area (Å²) in [5.41, 5.74) is 0.990. The Morgan fingerprint density at radius 3 is 2.78 bits per heavy atom. The zero-order valence-corrected chi connectivity index (χ0v) is 12.0. The molecule has 18 heavy (non-hydrogen) atoms. The maximum absolute atomic E-state index is 6.34. The van der Waals surface area contributed by atoms with Gasteiger partial charge in [0.1, 0.15) is 0 Å². The largest absolute Gasteiger partial charge is 0.373 e. The van der Waals surface area contributed by atoms with Crippen molar-refractivity contribution in [3.8, 4) is 0 Å². The number of benzene rings is 1. The van der Waals surface area contributed by atoms with Crippen LogP contribution in [0.3, 0.4) is 0 Å². The van der Waals surface area contributed by atoms with Crippen LogP contribution < -0.4 is 5.32 Å². The zero-order chi connectivity index (χ0) is 13.0. The van der Waals surface area contributed by atoms with Crippen LogP contribution in [0.25, 0.3) is 0 Å². The van der Waals surface area contributed by atoms with Crippen LogP contribution in [0.5, 0.6) is 0 Å². The third-order valence-corrected chi connectivity index (χ3v) is 4.08. The number of hydrogen-bond acceptors (Lipinski definition) is 2. The van der Waals surface area contributed by atoms with Crippen molar-refractivity contribution in [1.82, 2.24) is 5.32 Å². The van der Waals surface area contributed by atoms with Crippen molar-refractivity contribution in [2.45, 2.75) is 44.8 Å². The second-order valence-corrected chi connectivity index (χ2v) is 5.54. The fraction of sp³-hybridized carbons (Fsp3) is 0.600. The Labute approximate surface area is 115 Å². The van der Waals surface area contributed by atoms with Crippen molar-refractivity contribution >= 4 is 11.6 Å². The van der Waals surface area contributed by atoms with Gasteiger partial charge in [-0.05, 0) is 44.4 Å². The first kappa shape index (κ1) is 13.9. The second kappa shape index (κ2) is 6.05. The molecule has 1 fully saturated rings. The maximum Gasteiger partial charge on any atom is 0.0848 e. The summed E-state index contributed by atoms with van der Waals surface area (Å²) in [6, 6.07) is 8.22. The Hall–Kier alpha value is -0.570. The molecule has 0 aliphatic carbocycles. The van der Waals surface area contributed by atoms with Crippen LogP contribution in [-0.4, -0.2) is 18.8 Å². The summed E-state index contributed by atoms with van der Waals surface area (Å²) in [6.45, 7) is 6.08. The summed E-state index contributed by atoms with van der Waals surface area (Å²) < 4.78 is 6.07. The highest BCUT2D eigenvalue weighted by Crippen LogP contribution is 2.38. The van der Waals surface area contributed by atoms with E-state index in [1.807, 2.05) is 18.2 Å². The van der Waals surface area contributed by atoms with E-state index in [-0.39, 0.29) is 11.6 Å². The molecule has 3 heteroatoms. The first-order chi connectivity index (χ1) is 8.67. The maximum atomic E-state index is 6.34. The number of halogens is 1. The molecule has 1 N–H and O–H groups in total. The molecule has 0 radical (unpaired) electrons. The number of ether oxygens (including phenoxy) is 1. The minimum atomic E-state index is -0.154. The molecule has 0 amide bonds. The van der Waals surface area contributed by atoms with Gasteiger partial charge in [-0.1, -0.05) is 36.7 Å². The van der Waals surface area contributed by atoms with Crippen molar-refractivity contribution in [3.05, 3.63) is 34.9 Å². The Balaban J connectivity index is 2.30. The number of nitrogens with one attached hydrogen (secondary N) is 1. The molecule has 0 saturated carbocycles. The van der Waals surface area contributed by atoms with Crippen LogP contribution in [0.15, 0.2) is 24.3 Å². The van der Waals surface area contributed by atoms with Crippen LogP contribution in [0, 0.1) is 0 Å². The van der Waals surface area contributed by atoms with E-state index in [1.54, 1.807) is 0 Å². The molecule has 2 rings (SSSR count). The molecule has 2 nitrogen and oxygen atoms in total. The van der Waals surface area contributed by atoms with E-state index in [9.17, 15) is 0 Å². The molecule has 2 atom stereocenters. The highest BCUT2D eigenvalue weighted by atomic mass is 35.5. The molecule has 0 aromatic heterocycles. The predicted octanol–water partition coefficient (Wildman–Crippen LogP) is 3.95. The van der Waals surface area contributed by atoms with Gasteiger partial charge in [-0.3, -0.25) is 0 Å². The Morgan fingerprint density at radius 2 is 2.17 bits per heavy atom. The topological polar surface area (TPSA) is 21.3 Å². The molecule has 0 spiro atoms. The molecule has 2 unspecified atom stereocenters. The number of likely N-dealkylation sites (N-methyl/N-ethyl adjacent to an activating group) is 1. The molecule has 100 valence electrons. The monoisotopic (exact) mass is 267 g/mol. The normalized spacial score (nSPS) is 25.9. The summed E-state index contributed by atoms with van der Waals surface area (Å²) in [6.07, 6.45) is 3.47. The van der Waals surface area contributed by atoms with E-state index in [1.165, 1.54) is 6.42 Å². The molecule has 1 aliphatic rings. The Bertz CT molecular complexity index is 388. The second-order valence-electron chi connectivity index (χ2n) is 5.13. The standard InChI is InChI=1S/C15H22ClNO/c1-3-17-14(12-8-4-5-9-13(12)16)15(2)10-6-7-11-18-15/h4-5,8-9,14,17H,3,6-7,10-11H2,1-2H3. The van der Waals surface area contributed by atoms with Crippen molar-refractivity contribution in [2.24, 2.45) is 0 Å². The van der Waals surface area contributed by atoms with Gasteiger partial charge in [-0.2, -0.15) is 0 Å². The zero-order valence-electron chi connectivity index (χ0n) is 11.2. The van der Waals surface area contributed by atoms with Crippen LogP contribution in [0.1, 0.15) is 44.7 Å². The Morgan fingerprint density at radius 1 is 1.39 bits per heavy atom. The quantitative estimate of drug-likeness (QED) is 0.892. The van der Waals surface area contributed by atoms with E-state index < -0.39 is 0 Å². The lowest BCUT2D eigenvalue weighted by Gasteiger charge is -2.41. The van der Waals surface area contributed by atoms with E-state index >= 15 is 0 Å². The van der Waals surface area contributed by atoms with Gasteiger partial charge in [-0.15, -0.1) is 0 Å². The van der Waals surface area contributed by atoms with Crippen molar-refractivity contribution in [2.75, 3.05) is 13.2 Å². The summed E-state index contributed by atoms with van der Waals surface area (Å²) in [4.78, 5) is 0. The summed E-state index contributed by atoms with van der Waals surface area (Å²) >= 11 is 6.34. The number of rotatable bonds is 4. The van der Waals surface area contributed by atoms with Crippen LogP contribution in [0.4, 0.5) is 0 Å². The van der Waals surface area contributed by atoms with E-state index in [4.69, 9.17) is 16.3 Å². The van der Waals surface area contributed by atoms with Crippen LogP contribution in [0.2, 0.25) is 5.02 Å². The van der Waals surface area contributed by atoms with E-state index in [2.05, 4.69) is 25.2 Å². The van der Waals surface area contributed by atoms with Gasteiger partial charge in [0, 0.05) is 11.6 Å². The van der Waals surface area contributed by atoms with Gasteiger partial charge in [0.05, 0.1) is 11.6 Å².